The van der Waals surface area contributed by atoms with E-state index in [1.165, 1.54) is 25.0 Å². The van der Waals surface area contributed by atoms with Gasteiger partial charge in [-0.05, 0) is 36.6 Å². The van der Waals surface area contributed by atoms with Crippen molar-refractivity contribution in [1.82, 2.24) is 0 Å². The molecule has 0 amide bonds. The van der Waals surface area contributed by atoms with E-state index in [1.807, 2.05) is 13.8 Å². The standard InChI is InChI=1S/C18H26O7/c1-4-5-6-7-12-21-16-10-8-15(9-11-16)17(19)23-25-24-18(20)22-13-14(2)3/h8-11,14H,4-7,12-13H2,1-3H3. The van der Waals surface area contributed by atoms with E-state index in [4.69, 9.17) is 4.74 Å². The maximum absolute atomic E-state index is 11.7. The van der Waals surface area contributed by atoms with Crippen LogP contribution in [0, 0.1) is 5.92 Å². The van der Waals surface area contributed by atoms with Crippen LogP contribution in [-0.2, 0) is 19.6 Å². The van der Waals surface area contributed by atoms with E-state index < -0.39 is 12.1 Å². The SMILES string of the molecule is CCCCCCOc1ccc(C(=O)OOOC(=O)OCC(C)C)cc1. The first-order valence-electron chi connectivity index (χ1n) is 8.48. The zero-order chi connectivity index (χ0) is 18.5. The molecule has 0 atom stereocenters. The second-order valence-corrected chi connectivity index (χ2v) is 5.91. The highest BCUT2D eigenvalue weighted by Gasteiger charge is 2.12. The molecule has 1 rings (SSSR count). The smallest absolute Gasteiger partial charge is 0.494 e. The van der Waals surface area contributed by atoms with Crippen molar-refractivity contribution in [3.8, 4) is 5.75 Å². The van der Waals surface area contributed by atoms with Crippen molar-refractivity contribution >= 4 is 12.1 Å². The molecule has 0 heterocycles. The number of hydrogen-bond donors (Lipinski definition) is 0. The quantitative estimate of drug-likeness (QED) is 0.251. The lowest BCUT2D eigenvalue weighted by Crippen LogP contribution is -2.14. The number of unbranched alkanes of at least 4 members (excludes halogenated alkanes) is 3. The van der Waals surface area contributed by atoms with E-state index in [0.717, 1.165) is 12.8 Å². The van der Waals surface area contributed by atoms with Crippen molar-refractivity contribution in [1.29, 1.82) is 0 Å². The average Bonchev–Trinajstić information content (AvgIpc) is 2.60. The molecule has 1 aromatic carbocycles. The third-order valence-electron chi connectivity index (χ3n) is 3.10. The number of hydrogen-bond acceptors (Lipinski definition) is 7. The molecule has 7 heteroatoms. The number of benzene rings is 1. The Kier molecular flexibility index (Phi) is 10.1. The van der Waals surface area contributed by atoms with Crippen molar-refractivity contribution in [3.05, 3.63) is 29.8 Å². The van der Waals surface area contributed by atoms with Gasteiger partial charge in [-0.1, -0.05) is 40.0 Å². The van der Waals surface area contributed by atoms with Gasteiger partial charge < -0.3 is 9.47 Å². The van der Waals surface area contributed by atoms with Crippen molar-refractivity contribution in [3.63, 3.8) is 0 Å². The Hall–Kier alpha value is -2.28. The van der Waals surface area contributed by atoms with Gasteiger partial charge >= 0.3 is 12.1 Å². The molecule has 0 N–H and O–H groups in total. The minimum Gasteiger partial charge on any atom is -0.494 e. The van der Waals surface area contributed by atoms with Crippen LogP contribution in [0.2, 0.25) is 0 Å². The summed E-state index contributed by atoms with van der Waals surface area (Å²) < 4.78 is 10.3. The highest BCUT2D eigenvalue weighted by Crippen LogP contribution is 2.14. The predicted octanol–water partition coefficient (Wildman–Crippen LogP) is 4.46. The monoisotopic (exact) mass is 354 g/mol. The van der Waals surface area contributed by atoms with Crippen LogP contribution >= 0.6 is 0 Å². The number of carbonyl (C=O) groups excluding carboxylic acids is 2. The lowest BCUT2D eigenvalue weighted by atomic mass is 10.2. The molecule has 0 aliphatic rings. The maximum Gasteiger partial charge on any atom is 0.543 e. The summed E-state index contributed by atoms with van der Waals surface area (Å²) >= 11 is 0. The van der Waals surface area contributed by atoms with Gasteiger partial charge in [-0.3, -0.25) is 4.89 Å². The van der Waals surface area contributed by atoms with Gasteiger partial charge in [0.1, 0.15) is 5.75 Å². The molecular formula is C18H26O7. The first-order chi connectivity index (χ1) is 12.0. The Morgan fingerprint density at radius 2 is 1.72 bits per heavy atom. The van der Waals surface area contributed by atoms with E-state index in [2.05, 4.69) is 26.5 Å². The van der Waals surface area contributed by atoms with Crippen LogP contribution in [0.5, 0.6) is 5.75 Å². The second kappa shape index (κ2) is 12.1. The van der Waals surface area contributed by atoms with Crippen molar-refractivity contribution < 1.29 is 33.9 Å². The fourth-order valence-electron chi connectivity index (χ4n) is 1.79. The maximum atomic E-state index is 11.7. The Bertz CT molecular complexity index is 511. The van der Waals surface area contributed by atoms with Gasteiger partial charge in [-0.2, -0.15) is 0 Å². The molecular weight excluding hydrogens is 328 g/mol. The first-order valence-corrected chi connectivity index (χ1v) is 8.48. The molecule has 0 saturated heterocycles. The Morgan fingerprint density at radius 3 is 2.36 bits per heavy atom. The van der Waals surface area contributed by atoms with Crippen LogP contribution < -0.4 is 4.74 Å². The molecule has 0 spiro atoms. The van der Waals surface area contributed by atoms with Crippen LogP contribution in [0.3, 0.4) is 0 Å². The van der Waals surface area contributed by atoms with Crippen molar-refractivity contribution in [2.75, 3.05) is 13.2 Å². The van der Waals surface area contributed by atoms with Crippen molar-refractivity contribution in [2.24, 2.45) is 5.92 Å². The highest BCUT2D eigenvalue weighted by atomic mass is 17.5. The minimum absolute atomic E-state index is 0.155. The fraction of sp³-hybridized carbons (Fsp3) is 0.556. The average molecular weight is 354 g/mol. The van der Waals surface area contributed by atoms with E-state index in [-0.39, 0.29) is 18.1 Å². The van der Waals surface area contributed by atoms with Crippen molar-refractivity contribution in [2.45, 2.75) is 46.5 Å². The van der Waals surface area contributed by atoms with Crippen LogP contribution in [0.25, 0.3) is 0 Å². The second-order valence-electron chi connectivity index (χ2n) is 5.91. The topological polar surface area (TPSA) is 80.3 Å². The first kappa shape index (κ1) is 20.8. The molecule has 140 valence electrons. The summed E-state index contributed by atoms with van der Waals surface area (Å²) in [5.41, 5.74) is 0.234. The lowest BCUT2D eigenvalue weighted by Gasteiger charge is -2.07. The summed E-state index contributed by atoms with van der Waals surface area (Å²) in [6, 6.07) is 6.39. The summed E-state index contributed by atoms with van der Waals surface area (Å²) in [5, 5.41) is 4.12. The molecule has 0 fully saturated rings. The molecule has 0 bridgehead atoms. The molecule has 7 nitrogen and oxygen atoms in total. The third-order valence-corrected chi connectivity index (χ3v) is 3.10. The summed E-state index contributed by atoms with van der Waals surface area (Å²) in [7, 11) is 0. The van der Waals surface area contributed by atoms with E-state index >= 15 is 0 Å². The van der Waals surface area contributed by atoms with Gasteiger partial charge in [0.15, 0.2) is 0 Å². The third kappa shape index (κ3) is 9.56. The van der Waals surface area contributed by atoms with Gasteiger partial charge in [0.05, 0.1) is 23.8 Å². The van der Waals surface area contributed by atoms with Crippen LogP contribution in [0.15, 0.2) is 24.3 Å². The highest BCUT2D eigenvalue weighted by molar-refractivity contribution is 5.89. The minimum atomic E-state index is -1.08. The Morgan fingerprint density at radius 1 is 1.00 bits per heavy atom. The Labute approximate surface area is 148 Å². The van der Waals surface area contributed by atoms with Gasteiger partial charge in [0.25, 0.3) is 0 Å². The summed E-state index contributed by atoms with van der Waals surface area (Å²) in [6.45, 7) is 6.71. The molecule has 0 aromatic heterocycles. The van der Waals surface area contributed by atoms with E-state index in [0.29, 0.717) is 12.4 Å². The molecule has 0 aliphatic heterocycles. The molecule has 0 unspecified atom stereocenters. The van der Waals surface area contributed by atoms with E-state index in [1.54, 1.807) is 12.1 Å². The van der Waals surface area contributed by atoms with Gasteiger partial charge in [0.2, 0.25) is 0 Å². The number of carbonyl (C=O) groups is 2. The molecule has 1 aromatic rings. The van der Waals surface area contributed by atoms with Gasteiger partial charge in [0, 0.05) is 0 Å². The molecule has 0 radical (unpaired) electrons. The largest absolute Gasteiger partial charge is 0.543 e. The fourth-order valence-corrected chi connectivity index (χ4v) is 1.79. The zero-order valence-corrected chi connectivity index (χ0v) is 15.0. The van der Waals surface area contributed by atoms with E-state index in [9.17, 15) is 9.59 Å². The summed E-state index contributed by atoms with van der Waals surface area (Å²) in [6.07, 6.45) is 3.43. The normalized spacial score (nSPS) is 10.4. The summed E-state index contributed by atoms with van der Waals surface area (Å²) in [5.74, 6) is 0.0242. The van der Waals surface area contributed by atoms with Crippen LogP contribution in [-0.4, -0.2) is 25.3 Å². The van der Waals surface area contributed by atoms with Gasteiger partial charge in [-0.15, -0.1) is 0 Å². The predicted molar refractivity (Wildman–Crippen MR) is 89.9 cm³/mol. The van der Waals surface area contributed by atoms with Crippen LogP contribution in [0.4, 0.5) is 4.79 Å². The molecule has 0 aliphatic carbocycles. The summed E-state index contributed by atoms with van der Waals surface area (Å²) in [4.78, 5) is 31.3. The lowest BCUT2D eigenvalue weighted by molar-refractivity contribution is -0.452. The number of rotatable bonds is 11. The zero-order valence-electron chi connectivity index (χ0n) is 15.0. The van der Waals surface area contributed by atoms with Gasteiger partial charge in [-0.25, -0.2) is 14.5 Å². The van der Waals surface area contributed by atoms with Crippen LogP contribution in [0.1, 0.15) is 56.8 Å². The molecule has 25 heavy (non-hydrogen) atoms. The molecule has 0 saturated carbocycles. The number of ether oxygens (including phenoxy) is 2. The Balaban J connectivity index is 2.26.